The van der Waals surface area contributed by atoms with Crippen LogP contribution in [0.5, 0.6) is 0 Å². The summed E-state index contributed by atoms with van der Waals surface area (Å²) in [7, 11) is -2.12. The number of esters is 1. The zero-order valence-corrected chi connectivity index (χ0v) is 20.1. The highest BCUT2D eigenvalue weighted by molar-refractivity contribution is 6.74. The van der Waals surface area contributed by atoms with Crippen LogP contribution in [-0.4, -0.2) is 56.2 Å². The molecular weight excluding hydrogens is 374 g/mol. The minimum atomic E-state index is -2.12. The Bertz CT molecular complexity index is 574. The van der Waals surface area contributed by atoms with E-state index in [1.165, 1.54) is 6.08 Å². The predicted octanol–water partition coefficient (Wildman–Crippen LogP) is 4.90. The van der Waals surface area contributed by atoms with E-state index in [-0.39, 0.29) is 23.3 Å². The van der Waals surface area contributed by atoms with Gasteiger partial charge >= 0.3 is 12.1 Å². The molecule has 1 aliphatic heterocycles. The van der Waals surface area contributed by atoms with E-state index in [4.69, 9.17) is 13.9 Å². The molecule has 0 aromatic heterocycles. The number of hydrogen-bond acceptors (Lipinski definition) is 5. The lowest BCUT2D eigenvalue weighted by Crippen LogP contribution is -2.51. The first-order chi connectivity index (χ1) is 12.7. The van der Waals surface area contributed by atoms with E-state index < -0.39 is 19.9 Å². The maximum absolute atomic E-state index is 12.7. The van der Waals surface area contributed by atoms with Gasteiger partial charge in [-0.15, -0.1) is 0 Å². The van der Waals surface area contributed by atoms with Crippen LogP contribution in [0.3, 0.4) is 0 Å². The van der Waals surface area contributed by atoms with Crippen LogP contribution in [0.4, 0.5) is 4.79 Å². The van der Waals surface area contributed by atoms with Gasteiger partial charge in [0.2, 0.25) is 0 Å². The Morgan fingerprint density at radius 1 is 1.18 bits per heavy atom. The van der Waals surface area contributed by atoms with Gasteiger partial charge in [0.25, 0.3) is 0 Å². The molecule has 162 valence electrons. The van der Waals surface area contributed by atoms with Crippen molar-refractivity contribution in [1.29, 1.82) is 0 Å². The Balaban J connectivity index is 3.11. The summed E-state index contributed by atoms with van der Waals surface area (Å²) in [5.74, 6) is -0.395. The van der Waals surface area contributed by atoms with Crippen LogP contribution in [0.2, 0.25) is 18.1 Å². The standard InChI is InChI=1S/C21H39NO5Si/c1-10-25-18(23)14-13-17(27-28(8,9)21(5,6)7)16-12-11-15-22(16)19(24)26-20(2,3)4/h13-14,16-17H,10-12,15H2,1-9H3/b14-13-/t16-,17-/m0/s1. The number of ether oxygens (including phenoxy) is 2. The first kappa shape index (κ1) is 24.7. The Morgan fingerprint density at radius 2 is 1.79 bits per heavy atom. The summed E-state index contributed by atoms with van der Waals surface area (Å²) in [5.41, 5.74) is -0.555. The molecule has 2 atom stereocenters. The van der Waals surface area contributed by atoms with Crippen molar-refractivity contribution in [3.8, 4) is 0 Å². The normalized spacial score (nSPS) is 19.8. The lowest BCUT2D eigenvalue weighted by atomic mass is 10.1. The van der Waals surface area contributed by atoms with Crippen molar-refractivity contribution in [2.24, 2.45) is 0 Å². The van der Waals surface area contributed by atoms with Crippen LogP contribution >= 0.6 is 0 Å². The smallest absolute Gasteiger partial charge is 0.410 e. The molecular formula is C21H39NO5Si. The molecule has 1 fully saturated rings. The number of carbonyl (C=O) groups is 2. The minimum absolute atomic E-state index is 0.0123. The number of carbonyl (C=O) groups excluding carboxylic acids is 2. The van der Waals surface area contributed by atoms with Crippen LogP contribution in [0, 0.1) is 0 Å². The topological polar surface area (TPSA) is 65.1 Å². The van der Waals surface area contributed by atoms with Gasteiger partial charge in [0.05, 0.1) is 18.8 Å². The third kappa shape index (κ3) is 7.24. The maximum atomic E-state index is 12.7. The predicted molar refractivity (Wildman–Crippen MR) is 114 cm³/mol. The van der Waals surface area contributed by atoms with Gasteiger partial charge in [-0.2, -0.15) is 0 Å². The fourth-order valence-corrected chi connectivity index (χ4v) is 4.08. The van der Waals surface area contributed by atoms with Crippen molar-refractivity contribution in [3.63, 3.8) is 0 Å². The van der Waals surface area contributed by atoms with Crippen LogP contribution in [0.25, 0.3) is 0 Å². The summed E-state index contributed by atoms with van der Waals surface area (Å²) < 4.78 is 17.2. The second-order valence-electron chi connectivity index (χ2n) is 9.84. The molecule has 0 N–H and O–H groups in total. The zero-order valence-electron chi connectivity index (χ0n) is 19.1. The number of nitrogens with zero attached hydrogens (tertiary/aromatic N) is 1. The Kier molecular flexibility index (Phi) is 8.32. The summed E-state index contributed by atoms with van der Waals surface area (Å²) in [5, 5.41) is 0.0123. The summed E-state index contributed by atoms with van der Waals surface area (Å²) >= 11 is 0. The molecule has 0 aliphatic carbocycles. The molecule has 1 heterocycles. The van der Waals surface area contributed by atoms with Gasteiger partial charge in [0.15, 0.2) is 8.32 Å². The minimum Gasteiger partial charge on any atom is -0.463 e. The largest absolute Gasteiger partial charge is 0.463 e. The lowest BCUT2D eigenvalue weighted by Gasteiger charge is -2.41. The van der Waals surface area contributed by atoms with Gasteiger partial charge in [-0.25, -0.2) is 9.59 Å². The highest BCUT2D eigenvalue weighted by Gasteiger charge is 2.43. The van der Waals surface area contributed by atoms with E-state index in [9.17, 15) is 9.59 Å². The molecule has 0 bridgehead atoms. The first-order valence-electron chi connectivity index (χ1n) is 10.2. The van der Waals surface area contributed by atoms with E-state index in [2.05, 4.69) is 33.9 Å². The van der Waals surface area contributed by atoms with Crippen LogP contribution < -0.4 is 0 Å². The molecule has 1 saturated heterocycles. The summed E-state index contributed by atoms with van der Waals surface area (Å²) in [6.07, 6.45) is 4.17. The highest BCUT2D eigenvalue weighted by atomic mass is 28.4. The van der Waals surface area contributed by atoms with E-state index in [0.717, 1.165) is 12.8 Å². The Labute approximate surface area is 171 Å². The summed E-state index contributed by atoms with van der Waals surface area (Å²) in [6, 6.07) is -0.158. The molecule has 0 unspecified atom stereocenters. The lowest BCUT2D eigenvalue weighted by molar-refractivity contribution is -0.137. The van der Waals surface area contributed by atoms with Crippen molar-refractivity contribution in [1.82, 2.24) is 4.90 Å². The third-order valence-corrected chi connectivity index (χ3v) is 9.73. The van der Waals surface area contributed by atoms with Crippen molar-refractivity contribution in [3.05, 3.63) is 12.2 Å². The number of likely N-dealkylation sites (tertiary alicyclic amines) is 1. The van der Waals surface area contributed by atoms with Crippen LogP contribution in [0.15, 0.2) is 12.2 Å². The van der Waals surface area contributed by atoms with E-state index in [1.54, 1.807) is 17.9 Å². The average molecular weight is 414 g/mol. The van der Waals surface area contributed by atoms with Gasteiger partial charge in [-0.3, -0.25) is 0 Å². The summed E-state index contributed by atoms with van der Waals surface area (Å²) in [4.78, 5) is 26.3. The number of hydrogen-bond donors (Lipinski definition) is 0. The van der Waals surface area contributed by atoms with Crippen molar-refractivity contribution in [2.45, 2.75) is 97.2 Å². The van der Waals surface area contributed by atoms with Crippen molar-refractivity contribution < 1.29 is 23.5 Å². The maximum Gasteiger partial charge on any atom is 0.410 e. The van der Waals surface area contributed by atoms with E-state index in [0.29, 0.717) is 13.2 Å². The molecule has 0 radical (unpaired) electrons. The van der Waals surface area contributed by atoms with Gasteiger partial charge in [-0.1, -0.05) is 20.8 Å². The Hall–Kier alpha value is -1.34. The fraction of sp³-hybridized carbons (Fsp3) is 0.810. The zero-order chi connectivity index (χ0) is 21.8. The molecule has 0 aromatic carbocycles. The molecule has 0 spiro atoms. The molecule has 7 heteroatoms. The van der Waals surface area contributed by atoms with Crippen molar-refractivity contribution >= 4 is 20.4 Å². The third-order valence-electron chi connectivity index (χ3n) is 5.25. The quantitative estimate of drug-likeness (QED) is 0.352. The molecule has 0 aromatic rings. The second kappa shape index (κ2) is 9.44. The van der Waals surface area contributed by atoms with Crippen LogP contribution in [-0.2, 0) is 18.7 Å². The van der Waals surface area contributed by atoms with E-state index in [1.807, 2.05) is 20.8 Å². The molecule has 1 amide bonds. The molecule has 28 heavy (non-hydrogen) atoms. The molecule has 1 rings (SSSR count). The van der Waals surface area contributed by atoms with Crippen LogP contribution in [0.1, 0.15) is 61.3 Å². The highest BCUT2D eigenvalue weighted by Crippen LogP contribution is 2.39. The monoisotopic (exact) mass is 413 g/mol. The number of amides is 1. The van der Waals surface area contributed by atoms with Gasteiger partial charge in [-0.05, 0) is 64.7 Å². The van der Waals surface area contributed by atoms with Gasteiger partial charge < -0.3 is 18.8 Å². The first-order valence-corrected chi connectivity index (χ1v) is 13.1. The molecule has 0 saturated carbocycles. The fourth-order valence-electron chi connectivity index (χ4n) is 2.81. The SMILES string of the molecule is CCOC(=O)/C=C\[C@H](O[Si](C)(C)C(C)(C)C)[C@@H]1CCCN1C(=O)OC(C)(C)C. The Morgan fingerprint density at radius 3 is 2.29 bits per heavy atom. The van der Waals surface area contributed by atoms with Gasteiger partial charge in [0.1, 0.15) is 5.60 Å². The van der Waals surface area contributed by atoms with Crippen molar-refractivity contribution in [2.75, 3.05) is 13.2 Å². The van der Waals surface area contributed by atoms with E-state index >= 15 is 0 Å². The van der Waals surface area contributed by atoms with Gasteiger partial charge in [0, 0.05) is 12.6 Å². The second-order valence-corrected chi connectivity index (χ2v) is 14.6. The molecule has 6 nitrogen and oxygen atoms in total. The molecule has 1 aliphatic rings. The number of rotatable bonds is 6. The average Bonchev–Trinajstić information content (AvgIpc) is 2.98. The summed E-state index contributed by atoms with van der Waals surface area (Å²) in [6.45, 7) is 19.2.